The highest BCUT2D eigenvalue weighted by molar-refractivity contribution is 5.88. The number of rotatable bonds is 4. The van der Waals surface area contributed by atoms with Crippen LogP contribution in [0.2, 0.25) is 0 Å². The Balaban J connectivity index is 1.30. The van der Waals surface area contributed by atoms with E-state index in [2.05, 4.69) is 14.7 Å². The number of carbonyl (C=O) groups is 1. The number of alkyl halides is 2. The smallest absolute Gasteiger partial charge is 0.387 e. The molecule has 1 aromatic carbocycles. The number of benzene rings is 1. The number of carbonyl (C=O) groups excluding carboxylic acids is 1. The Labute approximate surface area is 187 Å². The van der Waals surface area contributed by atoms with Gasteiger partial charge in [0.25, 0.3) is 5.91 Å². The van der Waals surface area contributed by atoms with Crippen LogP contribution >= 0.6 is 0 Å². The lowest BCUT2D eigenvalue weighted by molar-refractivity contribution is -0.140. The van der Waals surface area contributed by atoms with Crippen LogP contribution in [0.25, 0.3) is 0 Å². The van der Waals surface area contributed by atoms with Crippen LogP contribution in [0.5, 0.6) is 5.75 Å². The number of anilines is 1. The molecule has 1 amide bonds. The fourth-order valence-electron chi connectivity index (χ4n) is 5.02. The standard InChI is InChI=1S/C22H22F4N4O3/c1-12-17(32-20(25)26)11-27-21(28-12)29-6-4-22(5-7-29)19(31)30-16(2-3-18(30)33-22)13-8-14(23)10-15(24)9-13/h8-11,16,18,20H,2-7H2,1H3/t16-,18+/m0/s1. The highest BCUT2D eigenvalue weighted by Gasteiger charge is 2.58. The fourth-order valence-corrected chi connectivity index (χ4v) is 5.02. The minimum atomic E-state index is -2.96. The predicted molar refractivity (Wildman–Crippen MR) is 108 cm³/mol. The molecule has 33 heavy (non-hydrogen) atoms. The topological polar surface area (TPSA) is 67.8 Å². The van der Waals surface area contributed by atoms with Gasteiger partial charge in [-0.3, -0.25) is 4.79 Å². The maximum Gasteiger partial charge on any atom is 0.387 e. The van der Waals surface area contributed by atoms with Crippen LogP contribution in [0.1, 0.15) is 43.0 Å². The first-order chi connectivity index (χ1) is 15.8. The summed E-state index contributed by atoms with van der Waals surface area (Å²) in [6.07, 6.45) is 2.73. The highest BCUT2D eigenvalue weighted by atomic mass is 19.3. The van der Waals surface area contributed by atoms with Crippen LogP contribution in [0.15, 0.2) is 24.4 Å². The van der Waals surface area contributed by atoms with Gasteiger partial charge in [0.05, 0.1) is 17.9 Å². The third-order valence-electron chi connectivity index (χ3n) is 6.58. The summed E-state index contributed by atoms with van der Waals surface area (Å²) < 4.78 is 63.0. The zero-order valence-corrected chi connectivity index (χ0v) is 17.8. The van der Waals surface area contributed by atoms with Crippen molar-refractivity contribution >= 4 is 11.9 Å². The summed E-state index contributed by atoms with van der Waals surface area (Å²) in [7, 11) is 0. The van der Waals surface area contributed by atoms with E-state index in [0.717, 1.165) is 6.07 Å². The monoisotopic (exact) mass is 466 g/mol. The normalized spacial score (nSPS) is 24.1. The maximum atomic E-state index is 13.8. The van der Waals surface area contributed by atoms with Crippen molar-refractivity contribution in [1.82, 2.24) is 14.9 Å². The molecule has 3 aliphatic heterocycles. The third-order valence-corrected chi connectivity index (χ3v) is 6.58. The molecule has 176 valence electrons. The van der Waals surface area contributed by atoms with Crippen molar-refractivity contribution in [3.63, 3.8) is 0 Å². The van der Waals surface area contributed by atoms with Crippen molar-refractivity contribution in [2.75, 3.05) is 18.0 Å². The molecule has 0 unspecified atom stereocenters. The van der Waals surface area contributed by atoms with E-state index in [-0.39, 0.29) is 11.7 Å². The lowest BCUT2D eigenvalue weighted by Gasteiger charge is -2.37. The highest BCUT2D eigenvalue weighted by Crippen LogP contribution is 2.48. The van der Waals surface area contributed by atoms with Crippen LogP contribution in [0.4, 0.5) is 23.5 Å². The first-order valence-electron chi connectivity index (χ1n) is 10.8. The molecule has 1 aromatic heterocycles. The van der Waals surface area contributed by atoms with Crippen molar-refractivity contribution in [2.24, 2.45) is 0 Å². The average molecular weight is 466 g/mol. The quantitative estimate of drug-likeness (QED) is 0.640. The number of hydrogen-bond donors (Lipinski definition) is 0. The number of nitrogens with zero attached hydrogens (tertiary/aromatic N) is 4. The summed E-state index contributed by atoms with van der Waals surface area (Å²) in [6.45, 7) is -0.539. The number of ether oxygens (including phenoxy) is 2. The summed E-state index contributed by atoms with van der Waals surface area (Å²) in [4.78, 5) is 25.3. The van der Waals surface area contributed by atoms with Gasteiger partial charge in [-0.15, -0.1) is 0 Å². The van der Waals surface area contributed by atoms with E-state index in [1.807, 2.05) is 4.90 Å². The molecule has 3 saturated heterocycles. The Bertz CT molecular complexity index is 1060. The summed E-state index contributed by atoms with van der Waals surface area (Å²) in [5.74, 6) is -1.24. The van der Waals surface area contributed by atoms with Crippen molar-refractivity contribution < 1.29 is 31.8 Å². The first-order valence-corrected chi connectivity index (χ1v) is 10.8. The largest absolute Gasteiger partial charge is 0.431 e. The molecule has 7 nitrogen and oxygen atoms in total. The molecule has 2 aromatic rings. The van der Waals surface area contributed by atoms with Gasteiger partial charge in [0.15, 0.2) is 11.4 Å². The van der Waals surface area contributed by atoms with E-state index in [0.29, 0.717) is 56.0 Å². The molecule has 0 N–H and O–H groups in total. The molecule has 4 heterocycles. The molecule has 3 aliphatic rings. The van der Waals surface area contributed by atoms with Crippen molar-refractivity contribution in [2.45, 2.75) is 57.1 Å². The summed E-state index contributed by atoms with van der Waals surface area (Å²) >= 11 is 0. The number of hydrogen-bond acceptors (Lipinski definition) is 6. The van der Waals surface area contributed by atoms with Gasteiger partial charge in [0, 0.05) is 32.0 Å². The molecule has 3 fully saturated rings. The molecular weight excluding hydrogens is 444 g/mol. The number of fused-ring (bicyclic) bond motifs is 1. The van der Waals surface area contributed by atoms with Gasteiger partial charge in [-0.05, 0) is 37.5 Å². The Morgan fingerprint density at radius 3 is 2.48 bits per heavy atom. The van der Waals surface area contributed by atoms with Crippen LogP contribution in [-0.2, 0) is 9.53 Å². The second-order valence-corrected chi connectivity index (χ2v) is 8.56. The number of aryl methyl sites for hydroxylation is 1. The molecule has 1 spiro atoms. The Morgan fingerprint density at radius 2 is 1.85 bits per heavy atom. The Kier molecular flexibility index (Phi) is 5.38. The Morgan fingerprint density at radius 1 is 1.15 bits per heavy atom. The predicted octanol–water partition coefficient (Wildman–Crippen LogP) is 3.72. The van der Waals surface area contributed by atoms with Crippen molar-refractivity contribution in [3.05, 3.63) is 47.3 Å². The molecule has 0 bridgehead atoms. The van der Waals surface area contributed by atoms with Crippen molar-refractivity contribution in [3.8, 4) is 5.75 Å². The molecule has 2 atom stereocenters. The minimum absolute atomic E-state index is 0.0861. The number of aromatic nitrogens is 2. The summed E-state index contributed by atoms with van der Waals surface area (Å²) in [5, 5.41) is 0. The lowest BCUT2D eigenvalue weighted by atomic mass is 9.89. The zero-order valence-electron chi connectivity index (χ0n) is 17.8. The van der Waals surface area contributed by atoms with Crippen LogP contribution in [0.3, 0.4) is 0 Å². The minimum Gasteiger partial charge on any atom is -0.431 e. The molecule has 0 aliphatic carbocycles. The van der Waals surface area contributed by atoms with Crippen LogP contribution in [0, 0.1) is 18.6 Å². The number of piperidine rings is 1. The fraction of sp³-hybridized carbons (Fsp3) is 0.500. The summed E-state index contributed by atoms with van der Waals surface area (Å²) in [6, 6.07) is 2.90. The maximum absolute atomic E-state index is 13.8. The van der Waals surface area contributed by atoms with E-state index >= 15 is 0 Å². The van der Waals surface area contributed by atoms with Gasteiger partial charge < -0.3 is 19.3 Å². The molecule has 0 radical (unpaired) electrons. The number of halogens is 4. The lowest BCUT2D eigenvalue weighted by Crippen LogP contribution is -2.50. The van der Waals surface area contributed by atoms with E-state index in [4.69, 9.17) is 4.74 Å². The second-order valence-electron chi connectivity index (χ2n) is 8.56. The molecule has 5 rings (SSSR count). The summed E-state index contributed by atoms with van der Waals surface area (Å²) in [5.41, 5.74) is -0.282. The first kappa shape index (κ1) is 21.9. The van der Waals surface area contributed by atoms with E-state index in [1.165, 1.54) is 18.3 Å². The van der Waals surface area contributed by atoms with E-state index in [9.17, 15) is 22.4 Å². The third kappa shape index (κ3) is 3.88. The van der Waals surface area contributed by atoms with Gasteiger partial charge in [-0.1, -0.05) is 0 Å². The molecule has 11 heteroatoms. The Hall–Kier alpha value is -2.95. The SMILES string of the molecule is Cc1nc(N2CCC3(CC2)O[C@@H]2CC[C@@H](c4cc(F)cc(F)c4)N2C3=O)ncc1OC(F)F. The van der Waals surface area contributed by atoms with Gasteiger partial charge in [-0.25, -0.2) is 18.7 Å². The van der Waals surface area contributed by atoms with Gasteiger partial charge >= 0.3 is 6.61 Å². The van der Waals surface area contributed by atoms with E-state index in [1.54, 1.807) is 11.8 Å². The van der Waals surface area contributed by atoms with Gasteiger partial charge in [0.1, 0.15) is 17.9 Å². The van der Waals surface area contributed by atoms with Gasteiger partial charge in [0.2, 0.25) is 5.95 Å². The molecule has 0 saturated carbocycles. The van der Waals surface area contributed by atoms with Crippen LogP contribution < -0.4 is 9.64 Å². The zero-order chi connectivity index (χ0) is 23.3. The average Bonchev–Trinajstić information content (AvgIpc) is 3.27. The van der Waals surface area contributed by atoms with E-state index < -0.39 is 36.1 Å². The van der Waals surface area contributed by atoms with Crippen LogP contribution in [-0.4, -0.2) is 52.3 Å². The molecular formula is C22H22F4N4O3. The van der Waals surface area contributed by atoms with Gasteiger partial charge in [-0.2, -0.15) is 8.78 Å². The second kappa shape index (κ2) is 8.12. The van der Waals surface area contributed by atoms with Crippen molar-refractivity contribution in [1.29, 1.82) is 0 Å². The number of amides is 1.